The molecule has 5 nitrogen and oxygen atoms in total. The van der Waals surface area contributed by atoms with Gasteiger partial charge in [0.1, 0.15) is 5.60 Å². The van der Waals surface area contributed by atoms with E-state index in [9.17, 15) is 9.59 Å². The Morgan fingerprint density at radius 2 is 2.00 bits per heavy atom. The van der Waals surface area contributed by atoms with Crippen LogP contribution < -0.4 is 0 Å². The average Bonchev–Trinajstić information content (AvgIpc) is 2.58. The van der Waals surface area contributed by atoms with Crippen LogP contribution in [0.4, 0.5) is 4.79 Å². The van der Waals surface area contributed by atoms with Crippen LogP contribution in [0.1, 0.15) is 40.0 Å². The topological polar surface area (TPSA) is 66.8 Å². The van der Waals surface area contributed by atoms with Gasteiger partial charge in [0.05, 0.1) is 5.92 Å². The number of nitrogens with zero attached hydrogens (tertiary/aromatic N) is 1. The lowest BCUT2D eigenvalue weighted by molar-refractivity contribution is -0.153. The molecule has 0 unspecified atom stereocenters. The smallest absolute Gasteiger partial charge is 0.410 e. The van der Waals surface area contributed by atoms with Gasteiger partial charge in [-0.2, -0.15) is 0 Å². The van der Waals surface area contributed by atoms with E-state index >= 15 is 0 Å². The summed E-state index contributed by atoms with van der Waals surface area (Å²) in [6.45, 7) is 6.64. The molecule has 1 heterocycles. The van der Waals surface area contributed by atoms with E-state index in [0.717, 1.165) is 19.3 Å². The van der Waals surface area contributed by atoms with E-state index in [-0.39, 0.29) is 17.4 Å². The molecular weight excluding hydrogens is 234 g/mol. The first-order chi connectivity index (χ1) is 8.23. The van der Waals surface area contributed by atoms with Crippen LogP contribution in [0.5, 0.6) is 0 Å². The predicted octanol–water partition coefficient (Wildman–Crippen LogP) is 2.11. The normalized spacial score (nSPS) is 31.3. The van der Waals surface area contributed by atoms with Crippen molar-refractivity contribution in [3.63, 3.8) is 0 Å². The largest absolute Gasteiger partial charge is 0.481 e. The maximum atomic E-state index is 11.9. The maximum absolute atomic E-state index is 11.9. The molecule has 102 valence electrons. The molecule has 0 aromatic carbocycles. The first-order valence-electron chi connectivity index (χ1n) is 6.44. The van der Waals surface area contributed by atoms with Gasteiger partial charge >= 0.3 is 12.1 Å². The Labute approximate surface area is 107 Å². The minimum absolute atomic E-state index is 0.192. The molecule has 1 saturated heterocycles. The minimum Gasteiger partial charge on any atom is -0.481 e. The van der Waals surface area contributed by atoms with Gasteiger partial charge in [-0.3, -0.25) is 4.79 Å². The summed E-state index contributed by atoms with van der Waals surface area (Å²) < 4.78 is 5.32. The molecule has 1 N–H and O–H groups in total. The fourth-order valence-electron chi connectivity index (χ4n) is 2.95. The van der Waals surface area contributed by atoms with Crippen LogP contribution in [0.2, 0.25) is 0 Å². The highest BCUT2D eigenvalue weighted by atomic mass is 16.6. The zero-order valence-corrected chi connectivity index (χ0v) is 11.2. The highest BCUT2D eigenvalue weighted by molar-refractivity contribution is 5.73. The summed E-state index contributed by atoms with van der Waals surface area (Å²) in [7, 11) is 0. The highest BCUT2D eigenvalue weighted by Crippen LogP contribution is 2.53. The number of carboxylic acids is 1. The Hall–Kier alpha value is -1.26. The van der Waals surface area contributed by atoms with Crippen LogP contribution in [-0.4, -0.2) is 40.8 Å². The van der Waals surface area contributed by atoms with Gasteiger partial charge < -0.3 is 14.7 Å². The van der Waals surface area contributed by atoms with Crippen LogP contribution in [0.3, 0.4) is 0 Å². The van der Waals surface area contributed by atoms with Crippen molar-refractivity contribution >= 4 is 12.1 Å². The number of hydrogen-bond acceptors (Lipinski definition) is 3. The van der Waals surface area contributed by atoms with Crippen LogP contribution in [0.15, 0.2) is 0 Å². The molecular formula is C13H21NO4. The number of amides is 1. The standard InChI is InChI=1S/C13H21NO4/c1-12(2,3)18-11(17)14-7-6-13(8-14)5-4-9(13)10(15)16/h9H,4-8H2,1-3H3,(H,15,16)/t9-,13+/m1/s1. The zero-order chi connectivity index (χ0) is 13.6. The molecule has 2 rings (SSSR count). The van der Waals surface area contributed by atoms with Crippen molar-refractivity contribution in [2.75, 3.05) is 13.1 Å². The maximum Gasteiger partial charge on any atom is 0.410 e. The third-order valence-corrected chi connectivity index (χ3v) is 4.01. The number of rotatable bonds is 1. The molecule has 1 aliphatic carbocycles. The van der Waals surface area contributed by atoms with Gasteiger partial charge in [0.2, 0.25) is 0 Å². The summed E-state index contributed by atoms with van der Waals surface area (Å²) in [5, 5.41) is 9.14. The number of hydrogen-bond donors (Lipinski definition) is 1. The van der Waals surface area contributed by atoms with Crippen LogP contribution in [-0.2, 0) is 9.53 Å². The third kappa shape index (κ3) is 2.31. The lowest BCUT2D eigenvalue weighted by Crippen LogP contribution is -2.47. The monoisotopic (exact) mass is 255 g/mol. The first kappa shape index (κ1) is 13.2. The van der Waals surface area contributed by atoms with Crippen LogP contribution in [0.25, 0.3) is 0 Å². The van der Waals surface area contributed by atoms with E-state index in [0.29, 0.717) is 13.1 Å². The molecule has 2 atom stereocenters. The fourth-order valence-corrected chi connectivity index (χ4v) is 2.95. The van der Waals surface area contributed by atoms with E-state index < -0.39 is 11.6 Å². The molecule has 0 aromatic rings. The van der Waals surface area contributed by atoms with E-state index in [1.54, 1.807) is 4.90 Å². The second-order valence-corrected chi connectivity index (χ2v) is 6.44. The molecule has 0 bridgehead atoms. The SMILES string of the molecule is CC(C)(C)OC(=O)N1CC[C@@]2(CC[C@@H]2C(=O)O)C1. The van der Waals surface area contributed by atoms with Gasteiger partial charge in [0, 0.05) is 18.5 Å². The number of aliphatic carboxylic acids is 1. The Bertz CT molecular complexity index is 374. The van der Waals surface area contributed by atoms with E-state index in [1.807, 2.05) is 20.8 Å². The van der Waals surface area contributed by atoms with Gasteiger partial charge in [-0.1, -0.05) is 0 Å². The summed E-state index contributed by atoms with van der Waals surface area (Å²) in [4.78, 5) is 24.7. The molecule has 2 fully saturated rings. The number of carbonyl (C=O) groups is 2. The molecule has 5 heteroatoms. The summed E-state index contributed by atoms with van der Waals surface area (Å²) in [5.74, 6) is -1.02. The molecule has 2 aliphatic rings. The van der Waals surface area contributed by atoms with Crippen molar-refractivity contribution in [2.45, 2.75) is 45.6 Å². The molecule has 1 amide bonds. The number of ether oxygens (including phenoxy) is 1. The lowest BCUT2D eigenvalue weighted by Gasteiger charge is -2.44. The summed E-state index contributed by atoms with van der Waals surface area (Å²) in [5.41, 5.74) is -0.693. The molecule has 1 aliphatic heterocycles. The van der Waals surface area contributed by atoms with Gasteiger partial charge in [-0.05, 0) is 40.0 Å². The van der Waals surface area contributed by atoms with Crippen molar-refractivity contribution in [3.8, 4) is 0 Å². The molecule has 0 radical (unpaired) electrons. The Kier molecular flexibility index (Phi) is 3.03. The summed E-state index contributed by atoms with van der Waals surface area (Å²) in [6, 6.07) is 0. The third-order valence-electron chi connectivity index (χ3n) is 4.01. The predicted molar refractivity (Wildman–Crippen MR) is 65.2 cm³/mol. The molecule has 18 heavy (non-hydrogen) atoms. The minimum atomic E-state index is -0.729. The van der Waals surface area contributed by atoms with E-state index in [4.69, 9.17) is 9.84 Å². The van der Waals surface area contributed by atoms with Gasteiger partial charge in [0.25, 0.3) is 0 Å². The van der Waals surface area contributed by atoms with Crippen molar-refractivity contribution in [1.82, 2.24) is 4.90 Å². The second-order valence-electron chi connectivity index (χ2n) is 6.44. The fraction of sp³-hybridized carbons (Fsp3) is 0.846. The average molecular weight is 255 g/mol. The van der Waals surface area contributed by atoms with Gasteiger partial charge in [-0.15, -0.1) is 0 Å². The Morgan fingerprint density at radius 1 is 1.33 bits per heavy atom. The van der Waals surface area contributed by atoms with Crippen molar-refractivity contribution in [2.24, 2.45) is 11.3 Å². The van der Waals surface area contributed by atoms with Crippen LogP contribution in [0, 0.1) is 11.3 Å². The zero-order valence-electron chi connectivity index (χ0n) is 11.2. The molecule has 1 spiro atoms. The Balaban J connectivity index is 1.97. The number of likely N-dealkylation sites (tertiary alicyclic amines) is 1. The van der Waals surface area contributed by atoms with Gasteiger partial charge in [0.15, 0.2) is 0 Å². The number of carboxylic acid groups (broad SMARTS) is 1. The van der Waals surface area contributed by atoms with Gasteiger partial charge in [-0.25, -0.2) is 4.79 Å². The van der Waals surface area contributed by atoms with Crippen molar-refractivity contribution in [3.05, 3.63) is 0 Å². The molecule has 1 saturated carbocycles. The Morgan fingerprint density at radius 3 is 2.44 bits per heavy atom. The van der Waals surface area contributed by atoms with Crippen molar-refractivity contribution in [1.29, 1.82) is 0 Å². The first-order valence-corrected chi connectivity index (χ1v) is 6.44. The van der Waals surface area contributed by atoms with E-state index in [2.05, 4.69) is 0 Å². The van der Waals surface area contributed by atoms with Crippen LogP contribution >= 0.6 is 0 Å². The number of carbonyl (C=O) groups excluding carboxylic acids is 1. The van der Waals surface area contributed by atoms with Crippen molar-refractivity contribution < 1.29 is 19.4 Å². The quantitative estimate of drug-likeness (QED) is 0.779. The second kappa shape index (κ2) is 4.14. The summed E-state index contributed by atoms with van der Waals surface area (Å²) >= 11 is 0. The lowest BCUT2D eigenvalue weighted by atomic mass is 9.59. The highest BCUT2D eigenvalue weighted by Gasteiger charge is 2.55. The molecule has 0 aromatic heterocycles. The van der Waals surface area contributed by atoms with E-state index in [1.165, 1.54) is 0 Å². The summed E-state index contributed by atoms with van der Waals surface area (Å²) in [6.07, 6.45) is 2.10.